The number of nitrogens with zero attached hydrogens (tertiary/aromatic N) is 3. The van der Waals surface area contributed by atoms with Gasteiger partial charge in [0.15, 0.2) is 0 Å². The van der Waals surface area contributed by atoms with Crippen molar-refractivity contribution in [1.29, 1.82) is 0 Å². The number of aryl methyl sites for hydroxylation is 1. The van der Waals surface area contributed by atoms with E-state index in [2.05, 4.69) is 37.3 Å². The zero-order chi connectivity index (χ0) is 23.9. The van der Waals surface area contributed by atoms with Gasteiger partial charge >= 0.3 is 194 Å². The van der Waals surface area contributed by atoms with E-state index < -0.39 is 36.5 Å². The van der Waals surface area contributed by atoms with E-state index in [0.717, 1.165) is 35.6 Å². The first-order valence-electron chi connectivity index (χ1n) is 11.8. The summed E-state index contributed by atoms with van der Waals surface area (Å²) in [6, 6.07) is 0.197. The van der Waals surface area contributed by atoms with Gasteiger partial charge in [0.25, 0.3) is 0 Å². The molecule has 0 aliphatic heterocycles. The third-order valence-electron chi connectivity index (χ3n) is 6.30. The van der Waals surface area contributed by atoms with E-state index in [-0.39, 0.29) is 5.56 Å². The van der Waals surface area contributed by atoms with Gasteiger partial charge in [-0.1, -0.05) is 0 Å². The topological polar surface area (TPSA) is 59.3 Å². The van der Waals surface area contributed by atoms with Gasteiger partial charge < -0.3 is 0 Å². The molecule has 0 saturated heterocycles. The standard InChI is InChI=1S/C11H10F3N4O.3C4H9.Sn/c1-6-3-4-15-9-8(5-16-18(6)9)10(19)17-7(2)11(12,13)14;3*1-3-4-2;/h3,5,7H,1-2H3,(H,17,19);3*1,3-4H2,2H3;. The molecule has 9 heteroatoms. The van der Waals surface area contributed by atoms with Crippen molar-refractivity contribution in [1.82, 2.24) is 19.9 Å². The molecule has 0 bridgehead atoms. The zero-order valence-electron chi connectivity index (χ0n) is 20.0. The maximum absolute atomic E-state index is 13.0. The zero-order valence-corrected chi connectivity index (χ0v) is 22.8. The second kappa shape index (κ2) is 11.7. The molecule has 0 spiro atoms. The van der Waals surface area contributed by atoms with Gasteiger partial charge in [-0.05, 0) is 0 Å². The van der Waals surface area contributed by atoms with Crippen LogP contribution in [0.1, 0.15) is 82.3 Å². The van der Waals surface area contributed by atoms with Crippen LogP contribution in [-0.2, 0) is 0 Å². The summed E-state index contributed by atoms with van der Waals surface area (Å²) in [5.41, 5.74) is 1.35. The van der Waals surface area contributed by atoms with Crippen LogP contribution in [0.2, 0.25) is 13.3 Å². The van der Waals surface area contributed by atoms with E-state index in [9.17, 15) is 18.0 Å². The van der Waals surface area contributed by atoms with Gasteiger partial charge in [-0.2, -0.15) is 0 Å². The number of fused-ring (bicyclic) bond motifs is 1. The van der Waals surface area contributed by atoms with Crippen LogP contribution in [0.25, 0.3) is 5.65 Å². The molecule has 1 atom stereocenters. The summed E-state index contributed by atoms with van der Waals surface area (Å²) in [7, 11) is 0. The van der Waals surface area contributed by atoms with Crippen molar-refractivity contribution in [3.8, 4) is 0 Å². The van der Waals surface area contributed by atoms with Crippen LogP contribution in [0.5, 0.6) is 0 Å². The summed E-state index contributed by atoms with van der Waals surface area (Å²) in [5.74, 6) is -0.787. The van der Waals surface area contributed by atoms with Gasteiger partial charge in [0.2, 0.25) is 0 Å². The van der Waals surface area contributed by atoms with Crippen molar-refractivity contribution >= 4 is 33.6 Å². The Morgan fingerprint density at radius 2 is 1.62 bits per heavy atom. The summed E-state index contributed by atoms with van der Waals surface area (Å²) in [4.78, 5) is 17.6. The van der Waals surface area contributed by atoms with E-state index >= 15 is 0 Å². The summed E-state index contributed by atoms with van der Waals surface area (Å²) < 4.78 is 45.2. The van der Waals surface area contributed by atoms with E-state index in [1.54, 1.807) is 4.52 Å². The number of nitrogens with one attached hydrogen (secondary N) is 1. The van der Waals surface area contributed by atoms with Gasteiger partial charge in [0, 0.05) is 0 Å². The number of alkyl halides is 3. The number of unbranched alkanes of at least 4 members (excludes halogenated alkanes) is 3. The predicted octanol–water partition coefficient (Wildman–Crippen LogP) is 5.77. The average molecular weight is 561 g/mol. The third-order valence-corrected chi connectivity index (χ3v) is 21.4. The molecule has 32 heavy (non-hydrogen) atoms. The first kappa shape index (κ1) is 26.9. The second-order valence-electron chi connectivity index (χ2n) is 8.90. The fraction of sp³-hybridized carbons (Fsp3) is 0.696. The molecule has 1 unspecified atom stereocenters. The van der Waals surface area contributed by atoms with Crippen molar-refractivity contribution < 1.29 is 18.0 Å². The Bertz CT molecular complexity index is 875. The van der Waals surface area contributed by atoms with Crippen LogP contribution in [0.15, 0.2) is 12.3 Å². The maximum atomic E-state index is 13.0. The van der Waals surface area contributed by atoms with Crippen molar-refractivity contribution in [2.45, 2.75) is 98.7 Å². The number of carbonyl (C=O) groups is 1. The van der Waals surface area contributed by atoms with Crippen LogP contribution in [0.3, 0.4) is 0 Å². The van der Waals surface area contributed by atoms with E-state index in [4.69, 9.17) is 4.98 Å². The Labute approximate surface area is 193 Å². The molecular formula is C23H37F3N4OSn. The Morgan fingerprint density at radius 1 is 1.09 bits per heavy atom. The van der Waals surface area contributed by atoms with E-state index in [1.165, 1.54) is 38.8 Å². The number of halogens is 3. The first-order chi connectivity index (χ1) is 15.1. The molecule has 0 aliphatic rings. The van der Waals surface area contributed by atoms with Gasteiger partial charge in [-0.15, -0.1) is 0 Å². The number of aromatic nitrogens is 3. The second-order valence-corrected chi connectivity index (χ2v) is 22.0. The molecule has 1 N–H and O–H groups in total. The fourth-order valence-electron chi connectivity index (χ4n) is 4.21. The third kappa shape index (κ3) is 6.38. The molecule has 0 radical (unpaired) electrons. The normalized spacial score (nSPS) is 13.5. The van der Waals surface area contributed by atoms with Crippen molar-refractivity contribution in [2.24, 2.45) is 0 Å². The molecule has 5 nitrogen and oxygen atoms in total. The average Bonchev–Trinajstić information content (AvgIpc) is 3.17. The minimum absolute atomic E-state index is 0.104. The Hall–Kier alpha value is -1.32. The van der Waals surface area contributed by atoms with Gasteiger partial charge in [0.1, 0.15) is 0 Å². The molecular weight excluding hydrogens is 524 g/mol. The molecule has 2 aromatic heterocycles. The fourth-order valence-corrected chi connectivity index (χ4v) is 19.8. The Balaban J connectivity index is 2.55. The van der Waals surface area contributed by atoms with E-state index in [0.29, 0.717) is 5.65 Å². The van der Waals surface area contributed by atoms with Crippen LogP contribution in [-0.4, -0.2) is 51.1 Å². The number of hydrogen-bond donors (Lipinski definition) is 1. The summed E-state index contributed by atoms with van der Waals surface area (Å²) in [5, 5.41) is 6.31. The molecule has 0 saturated carbocycles. The summed E-state index contributed by atoms with van der Waals surface area (Å²) in [6.45, 7) is 9.49. The monoisotopic (exact) mass is 562 g/mol. The van der Waals surface area contributed by atoms with Gasteiger partial charge in [0.05, 0.1) is 0 Å². The van der Waals surface area contributed by atoms with Crippen LogP contribution in [0.4, 0.5) is 13.2 Å². The van der Waals surface area contributed by atoms with Crippen LogP contribution in [0, 0.1) is 6.92 Å². The molecule has 180 valence electrons. The van der Waals surface area contributed by atoms with E-state index in [1.807, 2.05) is 6.92 Å². The predicted molar refractivity (Wildman–Crippen MR) is 125 cm³/mol. The Morgan fingerprint density at radius 3 is 2.09 bits per heavy atom. The molecule has 0 aromatic carbocycles. The molecule has 0 fully saturated rings. The quantitative estimate of drug-likeness (QED) is 0.335. The number of hydrogen-bond acceptors (Lipinski definition) is 3. The number of rotatable bonds is 12. The van der Waals surface area contributed by atoms with Crippen LogP contribution < -0.4 is 9.03 Å². The number of amides is 1. The SMILES string of the molecule is CCC[CH2][Sn]([CH2]CCC)([CH2]CCC)[c]1cc(C)n2ncc(C(=O)NC(C)C(F)(F)F)c2n1. The summed E-state index contributed by atoms with van der Waals surface area (Å²) >= 11 is -2.88. The minimum atomic E-state index is -4.50. The molecule has 2 aromatic rings. The van der Waals surface area contributed by atoms with Crippen molar-refractivity contribution in [2.75, 3.05) is 0 Å². The van der Waals surface area contributed by atoms with Crippen LogP contribution >= 0.6 is 0 Å². The van der Waals surface area contributed by atoms with Crippen molar-refractivity contribution in [3.63, 3.8) is 0 Å². The van der Waals surface area contributed by atoms with Gasteiger partial charge in [-0.3, -0.25) is 0 Å². The molecule has 2 rings (SSSR count). The number of carbonyl (C=O) groups excluding carboxylic acids is 1. The molecule has 2 heterocycles. The van der Waals surface area contributed by atoms with Gasteiger partial charge in [-0.25, -0.2) is 0 Å². The Kier molecular flexibility index (Phi) is 9.84. The molecule has 1 amide bonds. The summed E-state index contributed by atoms with van der Waals surface area (Å²) in [6.07, 6.45) is 3.74. The molecule has 0 aliphatic carbocycles. The van der Waals surface area contributed by atoms with Crippen molar-refractivity contribution in [3.05, 3.63) is 23.5 Å². The first-order valence-corrected chi connectivity index (χ1v) is 19.3.